The second-order valence-electron chi connectivity index (χ2n) is 3.43. The first-order valence-corrected chi connectivity index (χ1v) is 4.51. The second kappa shape index (κ2) is 3.52. The van der Waals surface area contributed by atoms with Crippen LogP contribution < -0.4 is 0 Å². The summed E-state index contributed by atoms with van der Waals surface area (Å²) in [5, 5.41) is 0. The van der Waals surface area contributed by atoms with Crippen LogP contribution in [0.25, 0.3) is 0 Å². The van der Waals surface area contributed by atoms with Crippen molar-refractivity contribution in [2.45, 2.75) is 6.54 Å². The van der Waals surface area contributed by atoms with E-state index in [0.717, 1.165) is 13.2 Å². The van der Waals surface area contributed by atoms with Crippen LogP contribution in [0.1, 0.15) is 5.56 Å². The predicted molar refractivity (Wildman–Crippen MR) is 53.6 cm³/mol. The highest BCUT2D eigenvalue weighted by Crippen LogP contribution is 2.00. The van der Waals surface area contributed by atoms with Crippen molar-refractivity contribution < 1.29 is 9.15 Å². The molecule has 0 fully saturated rings. The van der Waals surface area contributed by atoms with Gasteiger partial charge in [0.25, 0.3) is 0 Å². The van der Waals surface area contributed by atoms with E-state index in [-0.39, 0.29) is 0 Å². The third-order valence-electron chi connectivity index (χ3n) is 2.17. The maximum Gasteiger partial charge on any atom is 0.334 e. The molecule has 1 heterocycles. The van der Waals surface area contributed by atoms with Gasteiger partial charge >= 0.3 is 6.67 Å². The van der Waals surface area contributed by atoms with Crippen LogP contribution >= 0.6 is 0 Å². The first-order chi connectivity index (χ1) is 6.34. The topological polar surface area (TPSA) is 6.02 Å². The molecule has 0 saturated carbocycles. The molecule has 13 heavy (non-hydrogen) atoms. The molecule has 2 nitrogen and oxygen atoms in total. The average Bonchev–Trinajstić information content (AvgIpc) is 2.53. The predicted octanol–water partition coefficient (Wildman–Crippen LogP) is 0.954. The molecule has 1 aliphatic heterocycles. The monoisotopic (exact) mass is 174 g/mol. The summed E-state index contributed by atoms with van der Waals surface area (Å²) in [5.41, 5.74) is 1.36. The third-order valence-corrected chi connectivity index (χ3v) is 2.17. The Kier molecular flexibility index (Phi) is 2.21. The van der Waals surface area contributed by atoms with Gasteiger partial charge in [0, 0.05) is 5.56 Å². The minimum atomic E-state index is 0.995. The van der Waals surface area contributed by atoms with Crippen molar-refractivity contribution >= 4 is 12.4 Å². The molecule has 0 spiro atoms. The lowest BCUT2D eigenvalue weighted by atomic mass is 10.2. The van der Waals surface area contributed by atoms with E-state index < -0.39 is 0 Å². The molecule has 1 aromatic carbocycles. The van der Waals surface area contributed by atoms with Crippen molar-refractivity contribution in [2.24, 2.45) is 0 Å². The molecule has 2 heteroatoms. The molecule has 0 radical (unpaired) electrons. The molecular weight excluding hydrogens is 160 g/mol. The Labute approximate surface area is 78.5 Å². The maximum atomic E-state index is 2.29. The van der Waals surface area contributed by atoms with Crippen molar-refractivity contribution in [1.82, 2.24) is 0 Å². The average molecular weight is 174 g/mol. The van der Waals surface area contributed by atoms with Gasteiger partial charge in [-0.3, -0.25) is 0 Å². The standard InChI is InChI=1S/C11H14N2/c1-12-7-8-13(10-12)9-11-5-3-2-4-6-11/h2-8H,9-10H2,1H3/q+2. The number of hydrogen-bond acceptors (Lipinski definition) is 0. The molecule has 2 rings (SSSR count). The van der Waals surface area contributed by atoms with Crippen LogP contribution in [-0.2, 0) is 6.54 Å². The Morgan fingerprint density at radius 1 is 1.15 bits per heavy atom. The summed E-state index contributed by atoms with van der Waals surface area (Å²) in [6.07, 6.45) is 4.23. The first kappa shape index (κ1) is 8.17. The number of rotatable bonds is 2. The molecule has 66 valence electrons. The highest BCUT2D eigenvalue weighted by atomic mass is 15.2. The van der Waals surface area contributed by atoms with Gasteiger partial charge in [0.05, 0.1) is 0 Å². The zero-order valence-electron chi connectivity index (χ0n) is 7.85. The van der Waals surface area contributed by atoms with E-state index in [9.17, 15) is 0 Å². The van der Waals surface area contributed by atoms with E-state index in [4.69, 9.17) is 0 Å². The van der Waals surface area contributed by atoms with Crippen LogP contribution in [-0.4, -0.2) is 35.3 Å². The van der Waals surface area contributed by atoms with Crippen LogP contribution in [0.4, 0.5) is 0 Å². The number of benzene rings is 1. The fraction of sp³-hybridized carbons (Fsp3) is 0.273. The molecule has 0 aromatic heterocycles. The zero-order valence-corrected chi connectivity index (χ0v) is 7.85. The maximum absolute atomic E-state index is 2.29. The van der Waals surface area contributed by atoms with Gasteiger partial charge in [0.1, 0.15) is 7.05 Å². The third kappa shape index (κ3) is 2.02. The Morgan fingerprint density at radius 2 is 1.92 bits per heavy atom. The number of hydrogen-bond donors (Lipinski definition) is 0. The Balaban J connectivity index is 2.02. The van der Waals surface area contributed by atoms with Crippen molar-refractivity contribution in [1.29, 1.82) is 0 Å². The van der Waals surface area contributed by atoms with Crippen molar-refractivity contribution in [2.75, 3.05) is 13.7 Å². The molecule has 0 N–H and O–H groups in total. The van der Waals surface area contributed by atoms with Gasteiger partial charge in [-0.1, -0.05) is 30.3 Å². The SMILES string of the molecule is C[N+]1=CC=[N+](Cc2ccccc2)C1. The normalized spacial score (nSPS) is 15.5. The minimum absolute atomic E-state index is 0.995. The van der Waals surface area contributed by atoms with Crippen LogP contribution in [0.2, 0.25) is 0 Å². The summed E-state index contributed by atoms with van der Waals surface area (Å²) >= 11 is 0. The van der Waals surface area contributed by atoms with Crippen LogP contribution in [0.3, 0.4) is 0 Å². The molecule has 1 aromatic rings. The van der Waals surface area contributed by atoms with Gasteiger partial charge in [0.2, 0.25) is 12.4 Å². The van der Waals surface area contributed by atoms with Gasteiger partial charge in [-0.25, -0.2) is 0 Å². The van der Waals surface area contributed by atoms with E-state index in [0.29, 0.717) is 0 Å². The van der Waals surface area contributed by atoms with Crippen LogP contribution in [0.5, 0.6) is 0 Å². The van der Waals surface area contributed by atoms with Crippen molar-refractivity contribution in [3.63, 3.8) is 0 Å². The molecular formula is C11H14N2+2. The fourth-order valence-electron chi connectivity index (χ4n) is 1.51. The summed E-state index contributed by atoms with van der Waals surface area (Å²) in [5.74, 6) is 0. The van der Waals surface area contributed by atoms with Gasteiger partial charge < -0.3 is 0 Å². The lowest BCUT2D eigenvalue weighted by Crippen LogP contribution is -2.15. The Morgan fingerprint density at radius 3 is 2.54 bits per heavy atom. The molecule has 0 aliphatic carbocycles. The molecule has 0 amide bonds. The van der Waals surface area contributed by atoms with Gasteiger partial charge in [-0.15, -0.1) is 0 Å². The summed E-state index contributed by atoms with van der Waals surface area (Å²) < 4.78 is 4.46. The van der Waals surface area contributed by atoms with Gasteiger partial charge in [-0.05, 0) is 0 Å². The fourth-order valence-corrected chi connectivity index (χ4v) is 1.51. The molecule has 1 aliphatic rings. The Bertz CT molecular complexity index is 350. The lowest BCUT2D eigenvalue weighted by Gasteiger charge is -1.95. The molecule has 0 unspecified atom stereocenters. The van der Waals surface area contributed by atoms with E-state index >= 15 is 0 Å². The summed E-state index contributed by atoms with van der Waals surface area (Å²) in [7, 11) is 2.08. The highest BCUT2D eigenvalue weighted by molar-refractivity contribution is 6.11. The summed E-state index contributed by atoms with van der Waals surface area (Å²) in [4.78, 5) is 0. The lowest BCUT2D eigenvalue weighted by molar-refractivity contribution is -0.707. The Hall–Kier alpha value is -1.44. The van der Waals surface area contributed by atoms with E-state index in [1.165, 1.54) is 5.56 Å². The molecule has 0 bridgehead atoms. The minimum Gasteiger partial charge on any atom is -0.176 e. The molecule has 0 saturated heterocycles. The second-order valence-corrected chi connectivity index (χ2v) is 3.43. The highest BCUT2D eigenvalue weighted by Gasteiger charge is 2.15. The molecule has 0 atom stereocenters. The van der Waals surface area contributed by atoms with E-state index in [1.54, 1.807) is 0 Å². The smallest absolute Gasteiger partial charge is 0.176 e. The van der Waals surface area contributed by atoms with Crippen molar-refractivity contribution in [3.05, 3.63) is 35.9 Å². The van der Waals surface area contributed by atoms with E-state index in [1.807, 2.05) is 0 Å². The van der Waals surface area contributed by atoms with Crippen molar-refractivity contribution in [3.8, 4) is 0 Å². The van der Waals surface area contributed by atoms with Crippen LogP contribution in [0, 0.1) is 0 Å². The van der Waals surface area contributed by atoms with E-state index in [2.05, 4.69) is 59.0 Å². The van der Waals surface area contributed by atoms with Crippen LogP contribution in [0.15, 0.2) is 30.3 Å². The summed E-state index contributed by atoms with van der Waals surface area (Å²) in [6, 6.07) is 10.5. The van der Waals surface area contributed by atoms with Gasteiger partial charge in [-0.2, -0.15) is 9.15 Å². The quantitative estimate of drug-likeness (QED) is 0.589. The number of nitrogens with zero attached hydrogens (tertiary/aromatic N) is 2. The zero-order chi connectivity index (χ0) is 9.10. The first-order valence-electron chi connectivity index (χ1n) is 4.51. The largest absolute Gasteiger partial charge is 0.334 e. The van der Waals surface area contributed by atoms with Gasteiger partial charge in [0.15, 0.2) is 6.54 Å². The summed E-state index contributed by atoms with van der Waals surface area (Å²) in [6.45, 7) is 2.00.